The third kappa shape index (κ3) is 5.45. The molecule has 0 atom stereocenters. The van der Waals surface area contributed by atoms with Crippen molar-refractivity contribution in [1.82, 2.24) is 9.03 Å². The van der Waals surface area contributed by atoms with E-state index < -0.39 is 10.2 Å². The maximum absolute atomic E-state index is 12.1. The minimum Gasteiger partial charge on any atom is -0.467 e. The van der Waals surface area contributed by atoms with E-state index in [1.54, 1.807) is 6.26 Å². The molecule has 0 amide bonds. The average molecular weight is 352 g/mol. The van der Waals surface area contributed by atoms with Gasteiger partial charge in [-0.2, -0.15) is 17.4 Å². The number of benzene rings is 1. The summed E-state index contributed by atoms with van der Waals surface area (Å²) in [5, 5.41) is 0. The molecule has 0 unspecified atom stereocenters. The molecular weight excluding hydrogens is 328 g/mol. The van der Waals surface area contributed by atoms with Gasteiger partial charge in [-0.05, 0) is 23.3 Å². The highest BCUT2D eigenvalue weighted by Crippen LogP contribution is 2.10. The van der Waals surface area contributed by atoms with Crippen molar-refractivity contribution in [3.8, 4) is 0 Å². The molecule has 0 saturated carbocycles. The van der Waals surface area contributed by atoms with Gasteiger partial charge in [0.15, 0.2) is 0 Å². The van der Waals surface area contributed by atoms with Crippen LogP contribution in [0.25, 0.3) is 0 Å². The fraction of sp³-hybridized carbons (Fsp3) is 0.412. The van der Waals surface area contributed by atoms with E-state index in [1.807, 2.05) is 50.2 Å². The van der Waals surface area contributed by atoms with Gasteiger partial charge in [-0.25, -0.2) is 0 Å². The minimum atomic E-state index is -3.44. The number of hydrogen-bond acceptors (Lipinski definition) is 4. The molecule has 1 heterocycles. The summed E-state index contributed by atoms with van der Waals surface area (Å²) in [7, 11) is -3.44. The zero-order valence-corrected chi connectivity index (χ0v) is 14.9. The molecule has 1 N–H and O–H groups in total. The van der Waals surface area contributed by atoms with Crippen molar-refractivity contribution in [2.24, 2.45) is 0 Å². The van der Waals surface area contributed by atoms with Gasteiger partial charge in [0.2, 0.25) is 0 Å². The van der Waals surface area contributed by atoms with Crippen molar-refractivity contribution in [1.29, 1.82) is 0 Å². The second-order valence-corrected chi connectivity index (χ2v) is 7.06. The average Bonchev–Trinajstić information content (AvgIpc) is 3.08. The van der Waals surface area contributed by atoms with Crippen LogP contribution in [0.15, 0.2) is 47.1 Å². The van der Waals surface area contributed by atoms with Crippen molar-refractivity contribution < 1.29 is 17.6 Å². The summed E-state index contributed by atoms with van der Waals surface area (Å²) in [5.41, 5.74) is 1.88. The standard InChI is InChI=1S/C17H24N2O4S/c1-3-19(4-2)24(20,21)18-12-15-7-5-8-16(11-15)13-22-14-17-9-6-10-23-17/h5-11,18H,3-4,12-14H2,1-2H3. The zero-order chi connectivity index (χ0) is 17.4. The van der Waals surface area contributed by atoms with Crippen molar-refractivity contribution >= 4 is 10.2 Å². The summed E-state index contributed by atoms with van der Waals surface area (Å²) in [6, 6.07) is 11.4. The summed E-state index contributed by atoms with van der Waals surface area (Å²) >= 11 is 0. The molecule has 24 heavy (non-hydrogen) atoms. The number of rotatable bonds is 10. The van der Waals surface area contributed by atoms with Crippen molar-refractivity contribution in [3.63, 3.8) is 0 Å². The molecule has 0 spiro atoms. The number of ether oxygens (including phenoxy) is 1. The lowest BCUT2D eigenvalue weighted by molar-refractivity contribution is 0.0929. The number of hydrogen-bond donors (Lipinski definition) is 1. The van der Waals surface area contributed by atoms with Gasteiger partial charge in [-0.15, -0.1) is 0 Å². The van der Waals surface area contributed by atoms with Gasteiger partial charge in [0, 0.05) is 19.6 Å². The second-order valence-electron chi connectivity index (χ2n) is 5.30. The maximum Gasteiger partial charge on any atom is 0.279 e. The molecule has 2 aromatic rings. The largest absolute Gasteiger partial charge is 0.467 e. The van der Waals surface area contributed by atoms with Crippen LogP contribution in [0.1, 0.15) is 30.7 Å². The van der Waals surface area contributed by atoms with Gasteiger partial charge >= 0.3 is 0 Å². The maximum atomic E-state index is 12.1. The van der Waals surface area contributed by atoms with Crippen LogP contribution >= 0.6 is 0 Å². The zero-order valence-electron chi connectivity index (χ0n) is 14.1. The summed E-state index contributed by atoms with van der Waals surface area (Å²) < 4.78 is 39.1. The summed E-state index contributed by atoms with van der Waals surface area (Å²) in [6.07, 6.45) is 1.61. The van der Waals surface area contributed by atoms with Gasteiger partial charge in [-0.1, -0.05) is 38.1 Å². The van der Waals surface area contributed by atoms with Crippen LogP contribution in [0, 0.1) is 0 Å². The third-order valence-corrected chi connectivity index (χ3v) is 5.29. The first-order valence-electron chi connectivity index (χ1n) is 7.97. The molecule has 1 aromatic heterocycles. The molecule has 0 aliphatic rings. The molecule has 0 aliphatic heterocycles. The van der Waals surface area contributed by atoms with Crippen molar-refractivity contribution in [2.75, 3.05) is 13.1 Å². The highest BCUT2D eigenvalue weighted by atomic mass is 32.2. The van der Waals surface area contributed by atoms with Gasteiger partial charge in [0.25, 0.3) is 10.2 Å². The summed E-state index contributed by atoms with van der Waals surface area (Å²) in [5.74, 6) is 0.776. The number of nitrogens with one attached hydrogen (secondary N) is 1. The Morgan fingerprint density at radius 3 is 2.50 bits per heavy atom. The summed E-state index contributed by atoms with van der Waals surface area (Å²) in [4.78, 5) is 0. The van der Waals surface area contributed by atoms with Gasteiger partial charge in [-0.3, -0.25) is 0 Å². The highest BCUT2D eigenvalue weighted by Gasteiger charge is 2.17. The van der Waals surface area contributed by atoms with E-state index in [2.05, 4.69) is 4.72 Å². The molecule has 0 fully saturated rings. The van der Waals surface area contributed by atoms with E-state index in [0.717, 1.165) is 16.9 Å². The van der Waals surface area contributed by atoms with E-state index in [1.165, 1.54) is 4.31 Å². The van der Waals surface area contributed by atoms with Crippen LogP contribution in [0.5, 0.6) is 0 Å². The number of furan rings is 1. The Labute approximate surface area is 143 Å². The lowest BCUT2D eigenvalue weighted by Crippen LogP contribution is -2.40. The van der Waals surface area contributed by atoms with Crippen LogP contribution in [0.2, 0.25) is 0 Å². The first-order valence-corrected chi connectivity index (χ1v) is 9.41. The Morgan fingerprint density at radius 2 is 1.83 bits per heavy atom. The van der Waals surface area contributed by atoms with Crippen LogP contribution in [-0.4, -0.2) is 25.8 Å². The van der Waals surface area contributed by atoms with E-state index in [-0.39, 0.29) is 6.54 Å². The van der Waals surface area contributed by atoms with Gasteiger partial charge < -0.3 is 9.15 Å². The fourth-order valence-corrected chi connectivity index (χ4v) is 3.53. The minimum absolute atomic E-state index is 0.255. The van der Waals surface area contributed by atoms with Gasteiger partial charge in [0.05, 0.1) is 12.9 Å². The molecule has 2 rings (SSSR count). The SMILES string of the molecule is CCN(CC)S(=O)(=O)NCc1cccc(COCc2ccco2)c1. The molecule has 132 valence electrons. The van der Waals surface area contributed by atoms with Crippen LogP contribution < -0.4 is 4.72 Å². The quantitative estimate of drug-likeness (QED) is 0.713. The Hall–Kier alpha value is -1.67. The van der Waals surface area contributed by atoms with E-state index in [9.17, 15) is 8.42 Å². The van der Waals surface area contributed by atoms with Crippen molar-refractivity contribution in [2.45, 2.75) is 33.6 Å². The molecule has 7 heteroatoms. The van der Waals surface area contributed by atoms with E-state index >= 15 is 0 Å². The molecule has 6 nitrogen and oxygen atoms in total. The van der Waals surface area contributed by atoms with Crippen LogP contribution in [0.4, 0.5) is 0 Å². The Bertz CT molecular complexity index is 710. The Kier molecular flexibility index (Phi) is 6.99. The van der Waals surface area contributed by atoms with Crippen LogP contribution in [-0.2, 0) is 34.7 Å². The molecule has 1 aromatic carbocycles. The Balaban J connectivity index is 1.88. The molecular formula is C17H24N2O4S. The van der Waals surface area contributed by atoms with E-state index in [0.29, 0.717) is 26.3 Å². The predicted molar refractivity (Wildman–Crippen MR) is 92.3 cm³/mol. The summed E-state index contributed by atoms with van der Waals surface area (Å²) in [6.45, 7) is 5.65. The number of nitrogens with zero attached hydrogens (tertiary/aromatic N) is 1. The molecule has 0 aliphatic carbocycles. The predicted octanol–water partition coefficient (Wildman–Crippen LogP) is 2.67. The van der Waals surface area contributed by atoms with E-state index in [4.69, 9.17) is 9.15 Å². The molecule has 0 radical (unpaired) electrons. The topological polar surface area (TPSA) is 71.8 Å². The van der Waals surface area contributed by atoms with Gasteiger partial charge in [0.1, 0.15) is 12.4 Å². The van der Waals surface area contributed by atoms with Crippen molar-refractivity contribution in [3.05, 3.63) is 59.5 Å². The molecule has 0 saturated heterocycles. The molecule has 0 bridgehead atoms. The fourth-order valence-electron chi connectivity index (χ4n) is 2.32. The lowest BCUT2D eigenvalue weighted by atomic mass is 10.1. The highest BCUT2D eigenvalue weighted by molar-refractivity contribution is 7.87. The lowest BCUT2D eigenvalue weighted by Gasteiger charge is -2.18. The van der Waals surface area contributed by atoms with Crippen LogP contribution in [0.3, 0.4) is 0 Å². The third-order valence-electron chi connectivity index (χ3n) is 3.59. The first-order chi connectivity index (χ1) is 11.5. The first kappa shape index (κ1) is 18.7. The normalized spacial score (nSPS) is 12.0. The second kappa shape index (κ2) is 8.98. The Morgan fingerprint density at radius 1 is 1.08 bits per heavy atom. The smallest absolute Gasteiger partial charge is 0.279 e. The monoisotopic (exact) mass is 352 g/mol.